The lowest BCUT2D eigenvalue weighted by atomic mass is 10.1. The van der Waals surface area contributed by atoms with Gasteiger partial charge in [0.15, 0.2) is 0 Å². The molecule has 0 saturated carbocycles. The standard InChI is InChI=1S/C13H21N3O4S/c1-15(2)21(18,19)11-3-4-13(12(14)7-11)16-5-6-20-9-10(16)8-17/h3-4,7,10,17H,5-6,8-9,14H2,1-2H3. The van der Waals surface area contributed by atoms with E-state index in [1.54, 1.807) is 6.07 Å². The van der Waals surface area contributed by atoms with E-state index in [0.29, 0.717) is 25.4 Å². The van der Waals surface area contributed by atoms with Crippen LogP contribution in [-0.4, -0.2) is 64.3 Å². The molecule has 1 aliphatic heterocycles. The number of aliphatic hydroxyl groups is 1. The highest BCUT2D eigenvalue weighted by atomic mass is 32.2. The SMILES string of the molecule is CN(C)S(=O)(=O)c1ccc(N2CCOCC2CO)c(N)c1. The van der Waals surface area contributed by atoms with E-state index in [9.17, 15) is 13.5 Å². The lowest BCUT2D eigenvalue weighted by Gasteiger charge is -2.37. The first-order valence-electron chi connectivity index (χ1n) is 6.65. The molecule has 1 heterocycles. The number of rotatable bonds is 4. The molecule has 1 saturated heterocycles. The van der Waals surface area contributed by atoms with Crippen molar-refractivity contribution in [1.29, 1.82) is 0 Å². The molecule has 118 valence electrons. The Balaban J connectivity index is 2.35. The number of aliphatic hydroxyl groups excluding tert-OH is 1. The largest absolute Gasteiger partial charge is 0.397 e. The van der Waals surface area contributed by atoms with E-state index in [-0.39, 0.29) is 17.5 Å². The molecule has 0 spiro atoms. The molecular formula is C13H21N3O4S. The van der Waals surface area contributed by atoms with Crippen LogP contribution in [0.5, 0.6) is 0 Å². The molecule has 2 rings (SSSR count). The molecule has 1 atom stereocenters. The van der Waals surface area contributed by atoms with E-state index in [1.807, 2.05) is 4.90 Å². The van der Waals surface area contributed by atoms with Gasteiger partial charge in [0, 0.05) is 20.6 Å². The fourth-order valence-electron chi connectivity index (χ4n) is 2.29. The zero-order valence-electron chi connectivity index (χ0n) is 12.2. The first-order valence-corrected chi connectivity index (χ1v) is 8.09. The molecule has 21 heavy (non-hydrogen) atoms. The van der Waals surface area contributed by atoms with Crippen molar-refractivity contribution in [3.05, 3.63) is 18.2 Å². The van der Waals surface area contributed by atoms with Crippen LogP contribution in [0.4, 0.5) is 11.4 Å². The van der Waals surface area contributed by atoms with E-state index in [0.717, 1.165) is 9.99 Å². The van der Waals surface area contributed by atoms with Gasteiger partial charge in [-0.2, -0.15) is 0 Å². The molecular weight excluding hydrogens is 294 g/mol. The average Bonchev–Trinajstić information content (AvgIpc) is 2.47. The lowest BCUT2D eigenvalue weighted by molar-refractivity contribution is 0.0728. The molecule has 1 fully saturated rings. The molecule has 7 nitrogen and oxygen atoms in total. The summed E-state index contributed by atoms with van der Waals surface area (Å²) in [4.78, 5) is 2.10. The van der Waals surface area contributed by atoms with E-state index >= 15 is 0 Å². The molecule has 1 aliphatic rings. The summed E-state index contributed by atoms with van der Waals surface area (Å²) in [5, 5.41) is 9.41. The number of hydrogen-bond donors (Lipinski definition) is 2. The minimum absolute atomic E-state index is 0.0445. The van der Waals surface area contributed by atoms with Gasteiger partial charge in [0.1, 0.15) is 0 Å². The van der Waals surface area contributed by atoms with Crippen molar-refractivity contribution in [2.45, 2.75) is 10.9 Å². The first-order chi connectivity index (χ1) is 9.87. The molecule has 3 N–H and O–H groups in total. The highest BCUT2D eigenvalue weighted by molar-refractivity contribution is 7.89. The van der Waals surface area contributed by atoms with Crippen LogP contribution in [0, 0.1) is 0 Å². The second kappa shape index (κ2) is 6.18. The summed E-state index contributed by atoms with van der Waals surface area (Å²) in [6.45, 7) is 1.54. The van der Waals surface area contributed by atoms with Crippen molar-refractivity contribution in [3.8, 4) is 0 Å². The number of ether oxygens (including phenoxy) is 1. The monoisotopic (exact) mass is 315 g/mol. The van der Waals surface area contributed by atoms with Crippen LogP contribution in [0.1, 0.15) is 0 Å². The van der Waals surface area contributed by atoms with Crippen molar-refractivity contribution >= 4 is 21.4 Å². The van der Waals surface area contributed by atoms with Crippen molar-refractivity contribution < 1.29 is 18.3 Å². The van der Waals surface area contributed by atoms with Gasteiger partial charge in [0.25, 0.3) is 0 Å². The number of nitrogen functional groups attached to an aromatic ring is 1. The third kappa shape index (κ3) is 3.13. The molecule has 0 aromatic heterocycles. The van der Waals surface area contributed by atoms with Gasteiger partial charge >= 0.3 is 0 Å². The van der Waals surface area contributed by atoms with Gasteiger partial charge in [-0.3, -0.25) is 0 Å². The summed E-state index contributed by atoms with van der Waals surface area (Å²) < 4.78 is 30.7. The maximum absolute atomic E-state index is 12.1. The van der Waals surface area contributed by atoms with Gasteiger partial charge in [-0.15, -0.1) is 0 Å². The molecule has 1 aromatic carbocycles. The number of hydrogen-bond acceptors (Lipinski definition) is 6. The van der Waals surface area contributed by atoms with Gasteiger partial charge in [-0.1, -0.05) is 0 Å². The number of nitrogens with two attached hydrogens (primary N) is 1. The predicted molar refractivity (Wildman–Crippen MR) is 80.8 cm³/mol. The van der Waals surface area contributed by atoms with Crippen LogP contribution in [0.2, 0.25) is 0 Å². The topological polar surface area (TPSA) is 96.1 Å². The van der Waals surface area contributed by atoms with E-state index in [4.69, 9.17) is 10.5 Å². The summed E-state index contributed by atoms with van der Waals surface area (Å²) in [6.07, 6.45) is 0. The van der Waals surface area contributed by atoms with Crippen LogP contribution in [0.3, 0.4) is 0 Å². The molecule has 1 aromatic rings. The van der Waals surface area contributed by atoms with Crippen molar-refractivity contribution in [2.24, 2.45) is 0 Å². The molecule has 0 aliphatic carbocycles. The normalized spacial score (nSPS) is 20.0. The number of nitrogens with zero attached hydrogens (tertiary/aromatic N) is 2. The van der Waals surface area contributed by atoms with E-state index in [2.05, 4.69) is 0 Å². The summed E-state index contributed by atoms with van der Waals surface area (Å²) in [5.74, 6) is 0. The molecule has 0 amide bonds. The van der Waals surface area contributed by atoms with Gasteiger partial charge < -0.3 is 20.5 Å². The van der Waals surface area contributed by atoms with Crippen molar-refractivity contribution in [1.82, 2.24) is 4.31 Å². The smallest absolute Gasteiger partial charge is 0.242 e. The maximum atomic E-state index is 12.1. The minimum atomic E-state index is -3.51. The second-order valence-electron chi connectivity index (χ2n) is 5.11. The van der Waals surface area contributed by atoms with Crippen LogP contribution < -0.4 is 10.6 Å². The highest BCUT2D eigenvalue weighted by Crippen LogP contribution is 2.29. The number of sulfonamides is 1. The Morgan fingerprint density at radius 1 is 1.48 bits per heavy atom. The quantitative estimate of drug-likeness (QED) is 0.742. The Hall–Kier alpha value is -1.35. The molecule has 8 heteroatoms. The summed E-state index contributed by atoms with van der Waals surface area (Å²) in [7, 11) is -0.554. The number of anilines is 2. The zero-order chi connectivity index (χ0) is 15.6. The lowest BCUT2D eigenvalue weighted by Crippen LogP contribution is -2.47. The number of morpholine rings is 1. The molecule has 0 bridgehead atoms. The fraction of sp³-hybridized carbons (Fsp3) is 0.538. The predicted octanol–water partition coefficient (Wildman–Crippen LogP) is -0.283. The Bertz CT molecular complexity index is 603. The third-order valence-corrected chi connectivity index (χ3v) is 5.34. The summed E-state index contributed by atoms with van der Waals surface area (Å²) >= 11 is 0. The number of benzene rings is 1. The minimum Gasteiger partial charge on any atom is -0.397 e. The molecule has 0 radical (unpaired) electrons. The first kappa shape index (κ1) is 16.0. The van der Waals surface area contributed by atoms with Crippen LogP contribution in [-0.2, 0) is 14.8 Å². The Morgan fingerprint density at radius 3 is 2.76 bits per heavy atom. The Morgan fingerprint density at radius 2 is 2.19 bits per heavy atom. The van der Waals surface area contributed by atoms with Crippen LogP contribution >= 0.6 is 0 Å². The molecule has 1 unspecified atom stereocenters. The fourth-order valence-corrected chi connectivity index (χ4v) is 3.23. The highest BCUT2D eigenvalue weighted by Gasteiger charge is 2.25. The average molecular weight is 315 g/mol. The van der Waals surface area contributed by atoms with Crippen molar-refractivity contribution in [3.63, 3.8) is 0 Å². The van der Waals surface area contributed by atoms with Crippen molar-refractivity contribution in [2.75, 3.05) is 51.1 Å². The van der Waals surface area contributed by atoms with Gasteiger partial charge in [-0.05, 0) is 18.2 Å². The van der Waals surface area contributed by atoms with Gasteiger partial charge in [0.2, 0.25) is 10.0 Å². The summed E-state index contributed by atoms with van der Waals surface area (Å²) in [6, 6.07) is 4.50. The Kier molecular flexibility index (Phi) is 4.72. The van der Waals surface area contributed by atoms with E-state index < -0.39 is 10.0 Å². The maximum Gasteiger partial charge on any atom is 0.242 e. The zero-order valence-corrected chi connectivity index (χ0v) is 13.0. The van der Waals surface area contributed by atoms with Crippen LogP contribution in [0.25, 0.3) is 0 Å². The Labute approximate surface area is 125 Å². The van der Waals surface area contributed by atoms with E-state index in [1.165, 1.54) is 26.2 Å². The second-order valence-corrected chi connectivity index (χ2v) is 7.26. The van der Waals surface area contributed by atoms with Gasteiger partial charge in [0.05, 0.1) is 42.1 Å². The summed E-state index contributed by atoms with van der Waals surface area (Å²) in [5.41, 5.74) is 7.11. The van der Waals surface area contributed by atoms with Gasteiger partial charge in [-0.25, -0.2) is 12.7 Å². The van der Waals surface area contributed by atoms with Crippen LogP contribution in [0.15, 0.2) is 23.1 Å². The third-order valence-electron chi connectivity index (χ3n) is 3.53.